The molecule has 0 aliphatic rings. The Morgan fingerprint density at radius 3 is 1.88 bits per heavy atom. The first-order valence-corrected chi connectivity index (χ1v) is 13.9. The Bertz CT molecular complexity index is 2460. The molecule has 5 aromatic carbocycles. The van der Waals surface area contributed by atoms with E-state index in [1.54, 1.807) is 0 Å². The van der Waals surface area contributed by atoms with Crippen molar-refractivity contribution >= 4 is 49.5 Å². The lowest BCUT2D eigenvalue weighted by molar-refractivity contribution is 1.06. The molecule has 6 nitrogen and oxygen atoms in total. The Morgan fingerprint density at radius 1 is 0.476 bits per heavy atom. The van der Waals surface area contributed by atoms with Crippen LogP contribution in [0.15, 0.2) is 133 Å². The van der Waals surface area contributed by atoms with Gasteiger partial charge in [0, 0.05) is 22.0 Å². The minimum atomic E-state index is 0.547. The molecule has 0 unspecified atom stereocenters. The normalized spacial score (nSPS) is 11.8. The van der Waals surface area contributed by atoms with E-state index in [0.29, 0.717) is 11.6 Å². The minimum absolute atomic E-state index is 0.547. The van der Waals surface area contributed by atoms with Gasteiger partial charge in [-0.25, -0.2) is 19.9 Å². The van der Waals surface area contributed by atoms with Gasteiger partial charge in [-0.3, -0.25) is 8.97 Å². The molecule has 0 spiro atoms. The van der Waals surface area contributed by atoms with Gasteiger partial charge in [0.2, 0.25) is 0 Å². The molecule has 0 radical (unpaired) electrons. The van der Waals surface area contributed by atoms with Gasteiger partial charge in [0.1, 0.15) is 5.52 Å². The maximum atomic E-state index is 5.31. The number of benzene rings is 5. The van der Waals surface area contributed by atoms with Gasteiger partial charge >= 0.3 is 0 Å². The van der Waals surface area contributed by atoms with Crippen molar-refractivity contribution in [3.63, 3.8) is 0 Å². The molecule has 42 heavy (non-hydrogen) atoms. The maximum absolute atomic E-state index is 5.31. The number of pyridine rings is 1. The monoisotopic (exact) mass is 538 g/mol. The Hall–Kier alpha value is -5.88. The number of hydrogen-bond acceptors (Lipinski definition) is 4. The van der Waals surface area contributed by atoms with Crippen molar-refractivity contribution in [1.82, 2.24) is 28.9 Å². The molecule has 0 fully saturated rings. The molecule has 0 aliphatic heterocycles. The lowest BCUT2D eigenvalue weighted by Crippen LogP contribution is -2.04. The SMILES string of the molecule is c1ccc(-c2nc(-c3nc4ccccc4n3-c3ccccc3)nc3c2c2ccccc2n2c4ccccc4nc32)cc1. The van der Waals surface area contributed by atoms with Crippen LogP contribution in [0, 0.1) is 0 Å². The second-order valence-corrected chi connectivity index (χ2v) is 10.4. The summed E-state index contributed by atoms with van der Waals surface area (Å²) < 4.78 is 4.37. The Morgan fingerprint density at radius 2 is 1.10 bits per heavy atom. The smallest absolute Gasteiger partial charge is 0.197 e. The van der Waals surface area contributed by atoms with E-state index in [1.807, 2.05) is 60.7 Å². The molecule has 4 heterocycles. The number of hydrogen-bond donors (Lipinski definition) is 0. The van der Waals surface area contributed by atoms with E-state index in [0.717, 1.165) is 66.5 Å². The summed E-state index contributed by atoms with van der Waals surface area (Å²) in [6.07, 6.45) is 0. The summed E-state index contributed by atoms with van der Waals surface area (Å²) in [5.41, 5.74) is 9.38. The van der Waals surface area contributed by atoms with E-state index in [2.05, 4.69) is 81.8 Å². The predicted molar refractivity (Wildman–Crippen MR) is 169 cm³/mol. The van der Waals surface area contributed by atoms with Gasteiger partial charge in [0.05, 0.1) is 33.3 Å². The third-order valence-corrected chi connectivity index (χ3v) is 7.92. The van der Waals surface area contributed by atoms with Crippen LogP contribution in [0.2, 0.25) is 0 Å². The highest BCUT2D eigenvalue weighted by Gasteiger charge is 2.23. The van der Waals surface area contributed by atoms with Crippen LogP contribution in [0.3, 0.4) is 0 Å². The van der Waals surface area contributed by atoms with Gasteiger partial charge in [0.15, 0.2) is 17.3 Å². The largest absolute Gasteiger partial charge is 0.290 e. The third-order valence-electron chi connectivity index (χ3n) is 7.92. The summed E-state index contributed by atoms with van der Waals surface area (Å²) in [6, 6.07) is 45.5. The molecule has 0 saturated carbocycles. The summed E-state index contributed by atoms with van der Waals surface area (Å²) in [4.78, 5) is 20.8. The van der Waals surface area contributed by atoms with Crippen LogP contribution in [0.4, 0.5) is 0 Å². The van der Waals surface area contributed by atoms with Crippen molar-refractivity contribution in [1.29, 1.82) is 0 Å². The first kappa shape index (κ1) is 22.9. The number of aromatic nitrogens is 6. The van der Waals surface area contributed by atoms with Gasteiger partial charge < -0.3 is 0 Å². The van der Waals surface area contributed by atoms with E-state index in [4.69, 9.17) is 19.9 Å². The van der Waals surface area contributed by atoms with E-state index in [-0.39, 0.29) is 0 Å². The molecular formula is C36H22N6. The quantitative estimate of drug-likeness (QED) is 0.213. The third kappa shape index (κ3) is 3.26. The summed E-state index contributed by atoms with van der Waals surface area (Å²) in [5.74, 6) is 1.23. The number of rotatable bonds is 3. The Balaban J connectivity index is 1.50. The fourth-order valence-corrected chi connectivity index (χ4v) is 6.11. The lowest BCUT2D eigenvalue weighted by atomic mass is 10.0. The zero-order chi connectivity index (χ0) is 27.6. The van der Waals surface area contributed by atoms with Crippen LogP contribution in [-0.2, 0) is 0 Å². The van der Waals surface area contributed by atoms with Crippen molar-refractivity contribution in [3.8, 4) is 28.6 Å². The highest BCUT2D eigenvalue weighted by molar-refractivity contribution is 6.17. The molecule has 0 atom stereocenters. The number of para-hydroxylation sites is 6. The maximum Gasteiger partial charge on any atom is 0.197 e. The topological polar surface area (TPSA) is 60.9 Å². The fourth-order valence-electron chi connectivity index (χ4n) is 6.11. The van der Waals surface area contributed by atoms with Crippen molar-refractivity contribution < 1.29 is 0 Å². The van der Waals surface area contributed by atoms with Crippen LogP contribution >= 0.6 is 0 Å². The van der Waals surface area contributed by atoms with Gasteiger partial charge in [-0.2, -0.15) is 0 Å². The van der Waals surface area contributed by atoms with E-state index in [9.17, 15) is 0 Å². The summed E-state index contributed by atoms with van der Waals surface area (Å²) in [7, 11) is 0. The summed E-state index contributed by atoms with van der Waals surface area (Å²) >= 11 is 0. The van der Waals surface area contributed by atoms with Crippen LogP contribution < -0.4 is 0 Å². The van der Waals surface area contributed by atoms with Gasteiger partial charge in [-0.1, -0.05) is 91.0 Å². The second kappa shape index (κ2) is 8.81. The molecule has 0 amide bonds. The van der Waals surface area contributed by atoms with Crippen molar-refractivity contribution in [2.75, 3.05) is 0 Å². The number of fused-ring (bicyclic) bond motifs is 9. The average Bonchev–Trinajstić information content (AvgIpc) is 3.65. The molecule has 6 heteroatoms. The number of imidazole rings is 2. The zero-order valence-corrected chi connectivity index (χ0v) is 22.4. The molecule has 9 aromatic rings. The molecule has 9 rings (SSSR count). The van der Waals surface area contributed by atoms with E-state index < -0.39 is 0 Å². The standard InChI is InChI=1S/C36H22N6/c1-3-13-23(14-4-1)32-31-25-17-7-10-20-28(25)42-30-22-12-9-19-27(30)37-35(42)33(31)40-34(39-32)36-38-26-18-8-11-21-29(26)41(36)24-15-5-2-6-16-24/h1-22H. The molecular weight excluding hydrogens is 516 g/mol. The fraction of sp³-hybridized carbons (Fsp3) is 0. The first-order chi connectivity index (χ1) is 20.8. The van der Waals surface area contributed by atoms with Crippen molar-refractivity contribution in [3.05, 3.63) is 133 Å². The van der Waals surface area contributed by atoms with Crippen LogP contribution in [-0.4, -0.2) is 28.9 Å². The van der Waals surface area contributed by atoms with Crippen molar-refractivity contribution in [2.24, 2.45) is 0 Å². The Labute approximate surface area is 240 Å². The molecule has 196 valence electrons. The van der Waals surface area contributed by atoms with Gasteiger partial charge in [-0.15, -0.1) is 0 Å². The van der Waals surface area contributed by atoms with Crippen LogP contribution in [0.5, 0.6) is 0 Å². The van der Waals surface area contributed by atoms with E-state index in [1.165, 1.54) is 0 Å². The lowest BCUT2D eigenvalue weighted by Gasteiger charge is -2.14. The van der Waals surface area contributed by atoms with Crippen molar-refractivity contribution in [2.45, 2.75) is 0 Å². The highest BCUT2D eigenvalue weighted by Crippen LogP contribution is 2.38. The number of nitrogens with zero attached hydrogens (tertiary/aromatic N) is 6. The second-order valence-electron chi connectivity index (χ2n) is 10.4. The van der Waals surface area contributed by atoms with E-state index >= 15 is 0 Å². The van der Waals surface area contributed by atoms with Gasteiger partial charge in [0.25, 0.3) is 0 Å². The predicted octanol–water partition coefficient (Wildman–Crippen LogP) is 8.26. The first-order valence-electron chi connectivity index (χ1n) is 13.9. The molecule has 0 saturated heterocycles. The Kier molecular flexibility index (Phi) is 4.80. The summed E-state index contributed by atoms with van der Waals surface area (Å²) in [5, 5.41) is 2.05. The van der Waals surface area contributed by atoms with Crippen LogP contribution in [0.1, 0.15) is 0 Å². The minimum Gasteiger partial charge on any atom is -0.290 e. The zero-order valence-electron chi connectivity index (χ0n) is 22.4. The summed E-state index contributed by atoms with van der Waals surface area (Å²) in [6.45, 7) is 0. The molecule has 0 N–H and O–H groups in total. The average molecular weight is 539 g/mol. The van der Waals surface area contributed by atoms with Crippen LogP contribution in [0.25, 0.3) is 78.1 Å². The highest BCUT2D eigenvalue weighted by atomic mass is 15.1. The molecule has 0 bridgehead atoms. The molecule has 0 aliphatic carbocycles. The van der Waals surface area contributed by atoms with Gasteiger partial charge in [-0.05, 0) is 42.5 Å². The molecule has 4 aromatic heterocycles.